The molecule has 0 saturated heterocycles. The zero-order valence-corrected chi connectivity index (χ0v) is 14.1. The highest BCUT2D eigenvalue weighted by atomic mass is 32.2. The van der Waals surface area contributed by atoms with Gasteiger partial charge in [-0.15, -0.1) is 0 Å². The number of nitrogens with zero attached hydrogens (tertiary/aromatic N) is 1. The molecule has 1 aromatic carbocycles. The molecule has 0 aliphatic heterocycles. The van der Waals surface area contributed by atoms with Crippen LogP contribution in [0.25, 0.3) is 0 Å². The summed E-state index contributed by atoms with van der Waals surface area (Å²) in [7, 11) is 1.28. The van der Waals surface area contributed by atoms with Gasteiger partial charge in [-0.1, -0.05) is 23.9 Å². The van der Waals surface area contributed by atoms with Crippen LogP contribution in [0.4, 0.5) is 0 Å². The summed E-state index contributed by atoms with van der Waals surface area (Å²) in [5.41, 5.74) is 2.69. The van der Waals surface area contributed by atoms with Crippen molar-refractivity contribution >= 4 is 23.6 Å². The van der Waals surface area contributed by atoms with E-state index in [1.165, 1.54) is 18.9 Å². The number of ether oxygens (including phenoxy) is 1. The fraction of sp³-hybridized carbons (Fsp3) is 0.235. The number of aromatic nitrogens is 1. The van der Waals surface area contributed by atoms with Gasteiger partial charge in [-0.3, -0.25) is 9.59 Å². The molecule has 2 rings (SSSR count). The molecule has 0 aliphatic carbocycles. The molecule has 0 radical (unpaired) electrons. The number of pyridine rings is 1. The second kappa shape index (κ2) is 7.78. The van der Waals surface area contributed by atoms with Gasteiger partial charge in [0.05, 0.1) is 12.7 Å². The monoisotopic (exact) mass is 330 g/mol. The minimum Gasteiger partial charge on any atom is -0.468 e. The van der Waals surface area contributed by atoms with Crippen molar-refractivity contribution in [2.45, 2.75) is 23.8 Å². The van der Waals surface area contributed by atoms with Crippen molar-refractivity contribution in [2.75, 3.05) is 13.7 Å². The summed E-state index contributed by atoms with van der Waals surface area (Å²) in [4.78, 5) is 28.7. The number of aryl methyl sites for hydroxylation is 2. The SMILES string of the molecule is COC(=O)CNC(=O)c1cccnc1Sc1cc(C)ccc1C. The number of carbonyl (C=O) groups excluding carboxylic acids is 2. The summed E-state index contributed by atoms with van der Waals surface area (Å²) in [6.45, 7) is 3.87. The molecule has 6 heteroatoms. The summed E-state index contributed by atoms with van der Waals surface area (Å²) < 4.78 is 4.52. The van der Waals surface area contributed by atoms with E-state index in [9.17, 15) is 9.59 Å². The van der Waals surface area contributed by atoms with Crippen molar-refractivity contribution in [3.63, 3.8) is 0 Å². The Hall–Kier alpha value is -2.34. The predicted molar refractivity (Wildman–Crippen MR) is 88.6 cm³/mol. The Morgan fingerprint density at radius 2 is 2.04 bits per heavy atom. The van der Waals surface area contributed by atoms with Gasteiger partial charge in [-0.2, -0.15) is 0 Å². The van der Waals surface area contributed by atoms with Gasteiger partial charge in [0.1, 0.15) is 11.6 Å². The summed E-state index contributed by atoms with van der Waals surface area (Å²) in [6.07, 6.45) is 1.64. The predicted octanol–water partition coefficient (Wildman–Crippen LogP) is 2.75. The van der Waals surface area contributed by atoms with Crippen molar-refractivity contribution in [3.8, 4) is 0 Å². The van der Waals surface area contributed by atoms with Gasteiger partial charge in [0.2, 0.25) is 0 Å². The lowest BCUT2D eigenvalue weighted by atomic mass is 10.2. The number of esters is 1. The topological polar surface area (TPSA) is 68.3 Å². The molecule has 0 spiro atoms. The fourth-order valence-electron chi connectivity index (χ4n) is 1.89. The van der Waals surface area contributed by atoms with E-state index in [4.69, 9.17) is 0 Å². The van der Waals surface area contributed by atoms with Gasteiger partial charge in [0, 0.05) is 11.1 Å². The van der Waals surface area contributed by atoms with E-state index in [0.29, 0.717) is 10.6 Å². The number of nitrogens with one attached hydrogen (secondary N) is 1. The molecular weight excluding hydrogens is 312 g/mol. The second-order valence-corrected chi connectivity index (χ2v) is 6.02. The molecule has 5 nitrogen and oxygen atoms in total. The van der Waals surface area contributed by atoms with Crippen LogP contribution in [0.1, 0.15) is 21.5 Å². The number of hydrogen-bond acceptors (Lipinski definition) is 5. The van der Waals surface area contributed by atoms with Crippen LogP contribution in [0.3, 0.4) is 0 Å². The van der Waals surface area contributed by atoms with E-state index >= 15 is 0 Å². The zero-order valence-electron chi connectivity index (χ0n) is 13.3. The van der Waals surface area contributed by atoms with Crippen molar-refractivity contribution in [3.05, 3.63) is 53.2 Å². The van der Waals surface area contributed by atoms with Crippen molar-refractivity contribution in [1.29, 1.82) is 0 Å². The second-order valence-electron chi connectivity index (χ2n) is 4.99. The van der Waals surface area contributed by atoms with Gasteiger partial charge in [-0.25, -0.2) is 4.98 Å². The third kappa shape index (κ3) is 4.56. The molecule has 0 unspecified atom stereocenters. The lowest BCUT2D eigenvalue weighted by molar-refractivity contribution is -0.139. The Balaban J connectivity index is 2.22. The maximum Gasteiger partial charge on any atom is 0.325 e. The lowest BCUT2D eigenvalue weighted by Gasteiger charge is -2.10. The van der Waals surface area contributed by atoms with E-state index < -0.39 is 5.97 Å². The summed E-state index contributed by atoms with van der Waals surface area (Å²) in [5.74, 6) is -0.845. The Morgan fingerprint density at radius 3 is 2.78 bits per heavy atom. The number of carbonyl (C=O) groups is 2. The molecule has 0 atom stereocenters. The molecule has 120 valence electrons. The molecule has 1 N–H and O–H groups in total. The van der Waals surface area contributed by atoms with Gasteiger partial charge >= 0.3 is 5.97 Å². The number of benzene rings is 1. The van der Waals surface area contributed by atoms with Crippen LogP contribution in [0.2, 0.25) is 0 Å². The van der Waals surface area contributed by atoms with Crippen molar-refractivity contribution < 1.29 is 14.3 Å². The maximum absolute atomic E-state index is 12.3. The van der Waals surface area contributed by atoms with Gasteiger partial charge in [0.25, 0.3) is 5.91 Å². The average molecular weight is 330 g/mol. The first kappa shape index (κ1) is 17.0. The van der Waals surface area contributed by atoms with E-state index in [1.54, 1.807) is 18.3 Å². The highest BCUT2D eigenvalue weighted by Crippen LogP contribution is 2.31. The van der Waals surface area contributed by atoms with Crippen LogP contribution in [-0.4, -0.2) is 30.5 Å². The maximum atomic E-state index is 12.3. The molecular formula is C17H18N2O3S. The van der Waals surface area contributed by atoms with Gasteiger partial charge in [0.15, 0.2) is 0 Å². The van der Waals surface area contributed by atoms with Crippen molar-refractivity contribution in [1.82, 2.24) is 10.3 Å². The number of rotatable bonds is 5. The van der Waals surface area contributed by atoms with E-state index in [-0.39, 0.29) is 12.5 Å². The van der Waals surface area contributed by atoms with E-state index in [0.717, 1.165) is 16.0 Å². The molecule has 23 heavy (non-hydrogen) atoms. The molecule has 1 aromatic heterocycles. The largest absolute Gasteiger partial charge is 0.468 e. The molecule has 1 amide bonds. The molecule has 0 saturated carbocycles. The summed E-state index contributed by atoms with van der Waals surface area (Å²) in [5, 5.41) is 3.14. The molecule has 0 aliphatic rings. The number of amides is 1. The van der Waals surface area contributed by atoms with Crippen LogP contribution in [0.15, 0.2) is 46.5 Å². The molecule has 1 heterocycles. The van der Waals surface area contributed by atoms with Gasteiger partial charge < -0.3 is 10.1 Å². The minimum absolute atomic E-state index is 0.169. The third-order valence-corrected chi connectivity index (χ3v) is 4.37. The Kier molecular flexibility index (Phi) is 5.76. The Labute approximate surface area is 139 Å². The highest BCUT2D eigenvalue weighted by molar-refractivity contribution is 7.99. The van der Waals surface area contributed by atoms with E-state index in [1.807, 2.05) is 26.0 Å². The first-order valence-electron chi connectivity index (χ1n) is 7.06. The number of hydrogen-bond donors (Lipinski definition) is 1. The Morgan fingerprint density at radius 1 is 1.26 bits per heavy atom. The first-order valence-corrected chi connectivity index (χ1v) is 7.88. The van der Waals surface area contributed by atoms with Crippen LogP contribution >= 0.6 is 11.8 Å². The summed E-state index contributed by atoms with van der Waals surface area (Å²) >= 11 is 1.44. The smallest absolute Gasteiger partial charge is 0.325 e. The third-order valence-electron chi connectivity index (χ3n) is 3.19. The van der Waals surface area contributed by atoms with Crippen LogP contribution in [0, 0.1) is 13.8 Å². The standard InChI is InChI=1S/C17H18N2O3S/c1-11-6-7-12(2)14(9-11)23-17-13(5-4-8-18-17)16(21)19-10-15(20)22-3/h4-9H,10H2,1-3H3,(H,19,21). The van der Waals surface area contributed by atoms with Crippen molar-refractivity contribution in [2.24, 2.45) is 0 Å². The lowest BCUT2D eigenvalue weighted by Crippen LogP contribution is -2.30. The quantitative estimate of drug-likeness (QED) is 0.854. The molecule has 2 aromatic rings. The average Bonchev–Trinajstić information content (AvgIpc) is 2.56. The van der Waals surface area contributed by atoms with Gasteiger partial charge in [-0.05, 0) is 43.2 Å². The Bertz CT molecular complexity index is 732. The summed E-state index contributed by atoms with van der Waals surface area (Å²) in [6, 6.07) is 9.53. The zero-order chi connectivity index (χ0) is 16.8. The van der Waals surface area contributed by atoms with E-state index in [2.05, 4.69) is 21.1 Å². The van der Waals surface area contributed by atoms with Crippen LogP contribution < -0.4 is 5.32 Å². The fourth-order valence-corrected chi connectivity index (χ4v) is 2.95. The van der Waals surface area contributed by atoms with Crippen LogP contribution in [0.5, 0.6) is 0 Å². The van der Waals surface area contributed by atoms with Crippen LogP contribution in [-0.2, 0) is 9.53 Å². The molecule has 0 bridgehead atoms. The highest BCUT2D eigenvalue weighted by Gasteiger charge is 2.15. The first-order chi connectivity index (χ1) is 11.0. The minimum atomic E-state index is -0.494. The molecule has 0 fully saturated rings. The number of methoxy groups -OCH3 is 1. The normalized spacial score (nSPS) is 10.2.